The van der Waals surface area contributed by atoms with Crippen LogP contribution in [-0.4, -0.2) is 170 Å². The zero-order chi connectivity index (χ0) is 84.7. The van der Waals surface area contributed by atoms with Crippen LogP contribution in [0.4, 0.5) is 9.59 Å². The van der Waals surface area contributed by atoms with Gasteiger partial charge in [-0.1, -0.05) is 83.1 Å². The van der Waals surface area contributed by atoms with Crippen LogP contribution in [0.3, 0.4) is 0 Å². The van der Waals surface area contributed by atoms with Crippen LogP contribution in [0.25, 0.3) is 0 Å². The van der Waals surface area contributed by atoms with E-state index < -0.39 is 56.0 Å². The van der Waals surface area contributed by atoms with Crippen molar-refractivity contribution in [2.75, 3.05) is 45.4 Å². The Kier molecular flexibility index (Phi) is 44.3. The Morgan fingerprint density at radius 3 is 1.22 bits per heavy atom. The van der Waals surface area contributed by atoms with E-state index in [1.807, 2.05) is 187 Å². The topological polar surface area (TPSA) is 334 Å². The molecule has 7 heterocycles. The van der Waals surface area contributed by atoms with Gasteiger partial charge in [-0.25, -0.2) is 9.59 Å². The Labute approximate surface area is 662 Å². The van der Waals surface area contributed by atoms with Gasteiger partial charge in [0.2, 0.25) is 0 Å². The first-order chi connectivity index (χ1) is 51.2. The minimum atomic E-state index is -3.16. The molecule has 14 atom stereocenters. The quantitative estimate of drug-likeness (QED) is 0.0787. The molecule has 0 aromatic carbocycles. The molecular weight excluding hydrogens is 1470 g/mol. The third kappa shape index (κ3) is 31.7. The average Bonchev–Trinajstić information content (AvgIpc) is 1.56. The van der Waals surface area contributed by atoms with Gasteiger partial charge in [0.15, 0.2) is 5.79 Å². The number of esters is 6. The van der Waals surface area contributed by atoms with Crippen LogP contribution in [0.15, 0.2) is 0 Å². The minimum absolute atomic E-state index is 0.0291. The molecule has 0 aromatic heterocycles. The number of fused-ring (bicyclic) bond motifs is 7. The normalized spacial score (nSPS) is 29.4. The number of hydrogen-bond acceptors (Lipinski definition) is 26. The Morgan fingerprint density at radius 1 is 0.464 bits per heavy atom. The predicted octanol–water partition coefficient (Wildman–Crippen LogP) is 16.7. The van der Waals surface area contributed by atoms with Crippen molar-refractivity contribution in [2.45, 2.75) is 363 Å². The van der Waals surface area contributed by atoms with Crippen molar-refractivity contribution in [2.24, 2.45) is 68.5 Å². The molecule has 28 heteroatoms. The Morgan fingerprint density at radius 2 is 0.873 bits per heavy atom. The van der Waals surface area contributed by atoms with E-state index in [0.29, 0.717) is 70.1 Å². The van der Waals surface area contributed by atoms with Crippen LogP contribution in [0.2, 0.25) is 0 Å². The van der Waals surface area contributed by atoms with Crippen molar-refractivity contribution in [1.29, 1.82) is 0 Å². The van der Waals surface area contributed by atoms with Crippen molar-refractivity contribution in [3.8, 4) is 0 Å². The summed E-state index contributed by atoms with van der Waals surface area (Å²) >= 11 is 0. The van der Waals surface area contributed by atoms with Gasteiger partial charge in [-0.05, 0) is 237 Å². The monoisotopic (exact) mass is 1610 g/mol. The molecule has 13 fully saturated rings. The fourth-order valence-electron chi connectivity index (χ4n) is 13.9. The number of hydrogen-bond donors (Lipinski definition) is 0. The molecule has 6 aliphatic carbocycles. The van der Waals surface area contributed by atoms with Gasteiger partial charge in [-0.15, -0.1) is 0 Å². The van der Waals surface area contributed by atoms with Crippen LogP contribution >= 0.6 is 0 Å². The van der Waals surface area contributed by atoms with Crippen LogP contribution in [0.1, 0.15) is 303 Å². The van der Waals surface area contributed by atoms with Crippen molar-refractivity contribution in [3.05, 3.63) is 0 Å². The highest BCUT2D eigenvalue weighted by Gasteiger charge is 2.63. The highest BCUT2D eigenvalue weighted by atomic mass is 32.2. The summed E-state index contributed by atoms with van der Waals surface area (Å²) in [5.74, 6) is 2.20. The summed E-state index contributed by atoms with van der Waals surface area (Å²) in [5, 5.41) is -0.156. The maximum absolute atomic E-state index is 12.1. The van der Waals surface area contributed by atoms with E-state index >= 15 is 0 Å². The van der Waals surface area contributed by atoms with Gasteiger partial charge < -0.3 is 56.8 Å². The molecule has 8 bridgehead atoms. The molecule has 644 valence electrons. The molecule has 6 saturated carbocycles. The Balaban J connectivity index is 0.000000629. The second-order valence-corrected chi connectivity index (χ2v) is 36.2. The largest absolute Gasteiger partial charge is 0.509 e. The predicted molar refractivity (Wildman–Crippen MR) is 419 cm³/mol. The summed E-state index contributed by atoms with van der Waals surface area (Å²) < 4.78 is 115. The van der Waals surface area contributed by atoms with E-state index in [1.165, 1.54) is 6.42 Å². The van der Waals surface area contributed by atoms with Crippen LogP contribution in [0.5, 0.6) is 0 Å². The first kappa shape index (κ1) is 103. The average molecular weight is 1610 g/mol. The van der Waals surface area contributed by atoms with Gasteiger partial charge in [0, 0.05) is 18.3 Å². The van der Waals surface area contributed by atoms with Gasteiger partial charge in [0.1, 0.15) is 43.2 Å². The molecule has 0 N–H and O–H groups in total. The maximum atomic E-state index is 12.1. The molecule has 0 amide bonds. The molecule has 0 radical (unpaired) electrons. The van der Waals surface area contributed by atoms with Crippen LogP contribution in [0, 0.1) is 68.5 Å². The summed E-state index contributed by atoms with van der Waals surface area (Å²) in [5.41, 5.74) is -1.80. The second kappa shape index (κ2) is 47.2. The molecule has 26 nitrogen and oxygen atoms in total. The molecule has 7 aliphatic heterocycles. The lowest BCUT2D eigenvalue weighted by Gasteiger charge is -2.35. The van der Waals surface area contributed by atoms with Crippen LogP contribution in [-0.2, 0) is 114 Å². The molecular formula is C82H148O26S2. The number of carbonyl (C=O) groups is 8. The first-order valence-electron chi connectivity index (χ1n) is 41.2. The highest BCUT2D eigenvalue weighted by molar-refractivity contribution is 7.87. The molecule has 7 saturated heterocycles. The third-order valence-electron chi connectivity index (χ3n) is 22.4. The molecule has 0 aromatic rings. The lowest BCUT2D eigenvalue weighted by molar-refractivity contribution is -0.193. The van der Waals surface area contributed by atoms with E-state index in [0.717, 1.165) is 95.3 Å². The molecule has 13 aliphatic rings. The van der Waals surface area contributed by atoms with Gasteiger partial charge in [-0.3, -0.25) is 37.1 Å². The lowest BCUT2D eigenvalue weighted by atomic mass is 9.68. The molecule has 14 unspecified atom stereocenters. The highest BCUT2D eigenvalue weighted by Crippen LogP contribution is 2.57. The summed E-state index contributed by atoms with van der Waals surface area (Å²) in [7, 11) is -6.21. The van der Waals surface area contributed by atoms with Crippen LogP contribution < -0.4 is 0 Å². The summed E-state index contributed by atoms with van der Waals surface area (Å²) in [6.45, 7) is 56.1. The lowest BCUT2D eigenvalue weighted by Crippen LogP contribution is -2.48. The zero-order valence-corrected chi connectivity index (χ0v) is 74.3. The second-order valence-electron chi connectivity index (χ2n) is 32.7. The summed E-state index contributed by atoms with van der Waals surface area (Å²) in [6, 6.07) is 0. The van der Waals surface area contributed by atoms with Crippen molar-refractivity contribution in [3.63, 3.8) is 0 Å². The SMILES string of the molecule is CC.CC.CC.CC1C2CC3OS(=O)(=O)C(C2)C31.CCC(C)(C)C(=O)OCC1OC(=O)OC2C1CC1OC(C)(C)OC12.CCOC(=O)C(C)(C)CC.CCOC(=O)C(C)(C)CC.CCOC(=O)C(C)(C)CC.CCOC(=O)C(C)(C)CC.O=C1OC2CC3CC(C2)CC1C3.O=C1OC2CCC(C2)O1.O=S1(=O)CCCO1. The third-order valence-corrected chi connectivity index (χ3v) is 25.5. The van der Waals surface area contributed by atoms with E-state index in [1.54, 1.807) is 0 Å². The molecule has 110 heavy (non-hydrogen) atoms. The Bertz CT molecular complexity index is 2890. The number of ether oxygens (including phenoxy) is 12. The number of carbonyl (C=O) groups excluding carboxylic acids is 8. The number of cyclic esters (lactones) is 1. The van der Waals surface area contributed by atoms with Gasteiger partial charge in [-0.2, -0.15) is 16.8 Å². The minimum Gasteiger partial charge on any atom is -0.466 e. The van der Waals surface area contributed by atoms with E-state index in [2.05, 4.69) is 11.1 Å². The fourth-order valence-corrected chi connectivity index (χ4v) is 16.9. The standard InChI is InChI=1S/C17H26O7.C10H14O2.C8H12O3S.4C8H16O2.C6H8O3.C3H6O3S.3C2H6/c1-6-16(2,3)14(18)20-8-11-9-7-10-13(24-17(4,5)23-10)12(9)22-15(19)21-11;11-10-8-2-6-1-7(3-8)5-9(4-6)12-10;1-4-5-2-6-8(4)7(3-5)12(9,10)11-6;4*1-5-8(3,4)7(9)10-6-2;7-6-8-4-1-2-5(3-4)9-6;4-7(5)3-1-2-6-7;3*1-2/h9-13H,6-8H2,1-5H3;6-9H,1-5H2;4-8H,2-3H2,1H3;4*5-6H2,1-4H3;4-5H,1-3H2;1-3H2;3*1-2H3. The van der Waals surface area contributed by atoms with E-state index in [9.17, 15) is 55.2 Å². The maximum Gasteiger partial charge on any atom is 0.509 e. The van der Waals surface area contributed by atoms with E-state index in [-0.39, 0.29) is 124 Å². The Hall–Kier alpha value is -4.90. The fraction of sp³-hybridized carbons (Fsp3) is 0.902. The van der Waals surface area contributed by atoms with Crippen molar-refractivity contribution < 1.29 is 120 Å². The van der Waals surface area contributed by atoms with E-state index in [4.69, 9.17) is 61.0 Å². The van der Waals surface area contributed by atoms with Gasteiger partial charge >= 0.3 is 48.1 Å². The molecule has 13 rings (SSSR count). The summed E-state index contributed by atoms with van der Waals surface area (Å²) in [4.78, 5) is 90.1. The van der Waals surface area contributed by atoms with Gasteiger partial charge in [0.25, 0.3) is 20.2 Å². The zero-order valence-electron chi connectivity index (χ0n) is 72.6. The van der Waals surface area contributed by atoms with Crippen molar-refractivity contribution in [1.82, 2.24) is 0 Å². The first-order valence-corrected chi connectivity index (χ1v) is 44.3. The molecule has 0 spiro atoms. The van der Waals surface area contributed by atoms with Crippen molar-refractivity contribution >= 4 is 68.4 Å². The van der Waals surface area contributed by atoms with Gasteiger partial charge in [0.05, 0.1) is 89.2 Å². The smallest absolute Gasteiger partial charge is 0.466 e. The summed E-state index contributed by atoms with van der Waals surface area (Å²) in [6.07, 6.45) is 13.9. The number of rotatable bonds is 16.